The van der Waals surface area contributed by atoms with Gasteiger partial charge in [0, 0.05) is 24.4 Å². The van der Waals surface area contributed by atoms with E-state index in [4.69, 9.17) is 5.11 Å². The van der Waals surface area contributed by atoms with Crippen molar-refractivity contribution in [2.75, 3.05) is 5.32 Å². The molecule has 7 heteroatoms. The molecule has 0 aliphatic heterocycles. The third kappa shape index (κ3) is 4.14. The van der Waals surface area contributed by atoms with Crippen LogP contribution in [0.2, 0.25) is 0 Å². The fourth-order valence-electron chi connectivity index (χ4n) is 3.00. The SMILES string of the molecule is O=C(O)/C=C/c1cccc(-c2cnn3c(NCc4ccc(F)cc4)ccnc23)c1. The predicted molar refractivity (Wildman–Crippen MR) is 109 cm³/mol. The minimum Gasteiger partial charge on any atom is -0.478 e. The number of hydrogen-bond donors (Lipinski definition) is 2. The maximum absolute atomic E-state index is 13.1. The number of carboxylic acids is 1. The van der Waals surface area contributed by atoms with Crippen LogP contribution in [-0.2, 0) is 11.3 Å². The van der Waals surface area contributed by atoms with Crippen LogP contribution in [0.5, 0.6) is 0 Å². The van der Waals surface area contributed by atoms with Gasteiger partial charge in [-0.25, -0.2) is 14.2 Å². The maximum Gasteiger partial charge on any atom is 0.328 e. The first kappa shape index (κ1) is 18.4. The third-order valence-corrected chi connectivity index (χ3v) is 4.40. The van der Waals surface area contributed by atoms with Crippen molar-refractivity contribution >= 4 is 23.5 Å². The Morgan fingerprint density at radius 2 is 2.00 bits per heavy atom. The molecule has 2 aromatic heterocycles. The number of halogens is 1. The minimum atomic E-state index is -0.995. The molecule has 0 bridgehead atoms. The van der Waals surface area contributed by atoms with Gasteiger partial charge in [0.15, 0.2) is 5.65 Å². The third-order valence-electron chi connectivity index (χ3n) is 4.40. The average Bonchev–Trinajstić information content (AvgIpc) is 3.17. The fourth-order valence-corrected chi connectivity index (χ4v) is 3.00. The summed E-state index contributed by atoms with van der Waals surface area (Å²) in [6.07, 6.45) is 6.07. The highest BCUT2D eigenvalue weighted by molar-refractivity contribution is 5.86. The Bertz CT molecular complexity index is 1200. The summed E-state index contributed by atoms with van der Waals surface area (Å²) in [6, 6.07) is 15.6. The van der Waals surface area contributed by atoms with Gasteiger partial charge >= 0.3 is 5.97 Å². The zero-order valence-corrected chi connectivity index (χ0v) is 15.3. The van der Waals surface area contributed by atoms with Crippen molar-refractivity contribution in [1.82, 2.24) is 14.6 Å². The molecular weight excluding hydrogens is 371 g/mol. The van der Waals surface area contributed by atoms with Crippen LogP contribution in [0.3, 0.4) is 0 Å². The van der Waals surface area contributed by atoms with Crippen LogP contribution in [0, 0.1) is 5.82 Å². The Morgan fingerprint density at radius 1 is 1.17 bits per heavy atom. The topological polar surface area (TPSA) is 79.5 Å². The standard InChI is InChI=1S/C22H17FN4O2/c23-18-7-4-16(5-8-18)13-25-20-10-11-24-22-19(14-26-27(20)22)17-3-1-2-15(12-17)6-9-21(28)29/h1-12,14,25H,13H2,(H,28,29)/b9-6+. The maximum atomic E-state index is 13.1. The lowest BCUT2D eigenvalue weighted by molar-refractivity contribution is -0.131. The summed E-state index contributed by atoms with van der Waals surface area (Å²) in [7, 11) is 0. The normalized spacial score (nSPS) is 11.2. The van der Waals surface area contributed by atoms with Crippen LogP contribution in [0.25, 0.3) is 22.9 Å². The second-order valence-corrected chi connectivity index (χ2v) is 6.40. The molecule has 6 nitrogen and oxygen atoms in total. The van der Waals surface area contributed by atoms with E-state index in [9.17, 15) is 9.18 Å². The van der Waals surface area contributed by atoms with Gasteiger partial charge in [0.05, 0.1) is 6.20 Å². The number of nitrogens with one attached hydrogen (secondary N) is 1. The van der Waals surface area contributed by atoms with Crippen LogP contribution in [0.4, 0.5) is 10.2 Å². The Kier molecular flexibility index (Phi) is 5.03. The van der Waals surface area contributed by atoms with Crippen LogP contribution in [0.1, 0.15) is 11.1 Å². The molecule has 0 aliphatic rings. The number of carbonyl (C=O) groups is 1. The smallest absolute Gasteiger partial charge is 0.328 e. The first-order valence-corrected chi connectivity index (χ1v) is 8.93. The number of carboxylic acid groups (broad SMARTS) is 1. The first-order chi connectivity index (χ1) is 14.1. The highest BCUT2D eigenvalue weighted by Gasteiger charge is 2.11. The lowest BCUT2D eigenvalue weighted by Crippen LogP contribution is -2.05. The Balaban J connectivity index is 1.63. The number of anilines is 1. The molecule has 0 spiro atoms. The molecular formula is C22H17FN4O2. The lowest BCUT2D eigenvalue weighted by Gasteiger charge is -2.08. The van der Waals surface area contributed by atoms with Gasteiger partial charge in [-0.3, -0.25) is 0 Å². The number of hydrogen-bond acceptors (Lipinski definition) is 4. The predicted octanol–water partition coefficient (Wildman–Crippen LogP) is 4.25. The zero-order chi connectivity index (χ0) is 20.2. The molecule has 0 unspecified atom stereocenters. The average molecular weight is 388 g/mol. The molecule has 0 saturated heterocycles. The molecule has 0 radical (unpaired) electrons. The van der Waals surface area contributed by atoms with E-state index >= 15 is 0 Å². The number of aromatic nitrogens is 3. The van der Waals surface area contributed by atoms with Crippen LogP contribution in [-0.4, -0.2) is 25.7 Å². The second kappa shape index (κ2) is 7.93. The van der Waals surface area contributed by atoms with Gasteiger partial charge in [0.25, 0.3) is 0 Å². The van der Waals surface area contributed by atoms with E-state index in [0.717, 1.165) is 34.1 Å². The summed E-state index contributed by atoms with van der Waals surface area (Å²) in [4.78, 5) is 15.2. The zero-order valence-electron chi connectivity index (χ0n) is 15.3. The largest absolute Gasteiger partial charge is 0.478 e. The van der Waals surface area contributed by atoms with Gasteiger partial charge in [-0.2, -0.15) is 9.61 Å². The molecule has 2 aromatic carbocycles. The Morgan fingerprint density at radius 3 is 2.79 bits per heavy atom. The molecule has 0 atom stereocenters. The van der Waals surface area contributed by atoms with E-state index in [-0.39, 0.29) is 5.82 Å². The molecule has 2 heterocycles. The summed E-state index contributed by atoms with van der Waals surface area (Å²) in [6.45, 7) is 0.518. The van der Waals surface area contributed by atoms with Crippen molar-refractivity contribution in [2.45, 2.75) is 6.54 Å². The molecule has 29 heavy (non-hydrogen) atoms. The van der Waals surface area contributed by atoms with Gasteiger partial charge < -0.3 is 10.4 Å². The van der Waals surface area contributed by atoms with Crippen molar-refractivity contribution in [2.24, 2.45) is 0 Å². The van der Waals surface area contributed by atoms with Gasteiger partial charge in [-0.05, 0) is 47.0 Å². The lowest BCUT2D eigenvalue weighted by atomic mass is 10.1. The fraction of sp³-hybridized carbons (Fsp3) is 0.0455. The molecule has 144 valence electrons. The second-order valence-electron chi connectivity index (χ2n) is 6.40. The van der Waals surface area contributed by atoms with Crippen molar-refractivity contribution in [1.29, 1.82) is 0 Å². The van der Waals surface area contributed by atoms with Crippen molar-refractivity contribution in [3.63, 3.8) is 0 Å². The molecule has 4 rings (SSSR count). The highest BCUT2D eigenvalue weighted by Crippen LogP contribution is 2.26. The quantitative estimate of drug-likeness (QED) is 0.483. The van der Waals surface area contributed by atoms with E-state index in [0.29, 0.717) is 12.2 Å². The molecule has 4 aromatic rings. The van der Waals surface area contributed by atoms with E-state index in [2.05, 4.69) is 15.4 Å². The van der Waals surface area contributed by atoms with E-state index in [1.54, 1.807) is 35.1 Å². The van der Waals surface area contributed by atoms with Crippen LogP contribution in [0.15, 0.2) is 73.1 Å². The number of rotatable bonds is 6. The molecule has 0 aliphatic carbocycles. The van der Waals surface area contributed by atoms with E-state index in [1.165, 1.54) is 12.1 Å². The van der Waals surface area contributed by atoms with Gasteiger partial charge in [-0.1, -0.05) is 30.3 Å². The number of nitrogens with zero attached hydrogens (tertiary/aromatic N) is 3. The minimum absolute atomic E-state index is 0.266. The van der Waals surface area contributed by atoms with E-state index in [1.807, 2.05) is 30.3 Å². The van der Waals surface area contributed by atoms with Crippen LogP contribution < -0.4 is 5.32 Å². The van der Waals surface area contributed by atoms with Crippen molar-refractivity contribution in [3.8, 4) is 11.1 Å². The Labute approximate surface area is 166 Å². The first-order valence-electron chi connectivity index (χ1n) is 8.93. The molecule has 0 amide bonds. The molecule has 2 N–H and O–H groups in total. The molecule has 0 fully saturated rings. The summed E-state index contributed by atoms with van der Waals surface area (Å²) in [5, 5.41) is 16.5. The van der Waals surface area contributed by atoms with Gasteiger partial charge in [0.1, 0.15) is 11.6 Å². The van der Waals surface area contributed by atoms with Crippen LogP contribution >= 0.6 is 0 Å². The van der Waals surface area contributed by atoms with E-state index < -0.39 is 5.97 Å². The highest BCUT2D eigenvalue weighted by atomic mass is 19.1. The Hall–Kier alpha value is -4.00. The summed E-state index contributed by atoms with van der Waals surface area (Å²) in [5.41, 5.74) is 4.11. The number of benzene rings is 2. The number of fused-ring (bicyclic) bond motifs is 1. The summed E-state index contributed by atoms with van der Waals surface area (Å²) < 4.78 is 14.8. The summed E-state index contributed by atoms with van der Waals surface area (Å²) in [5.74, 6) is -0.505. The summed E-state index contributed by atoms with van der Waals surface area (Å²) >= 11 is 0. The van der Waals surface area contributed by atoms with Gasteiger partial charge in [0.2, 0.25) is 0 Å². The van der Waals surface area contributed by atoms with Crippen molar-refractivity contribution in [3.05, 3.63) is 90.0 Å². The molecule has 0 saturated carbocycles. The van der Waals surface area contributed by atoms with Crippen molar-refractivity contribution < 1.29 is 14.3 Å². The number of aliphatic carboxylic acids is 1. The van der Waals surface area contributed by atoms with Gasteiger partial charge in [-0.15, -0.1) is 0 Å². The monoisotopic (exact) mass is 388 g/mol.